The summed E-state index contributed by atoms with van der Waals surface area (Å²) in [7, 11) is 0. The van der Waals surface area contributed by atoms with Gasteiger partial charge < -0.3 is 14.6 Å². The Labute approximate surface area is 98.0 Å². The van der Waals surface area contributed by atoms with Crippen LogP contribution < -0.4 is 5.32 Å². The molecule has 0 spiro atoms. The van der Waals surface area contributed by atoms with Crippen LogP contribution in [0.25, 0.3) is 0 Å². The van der Waals surface area contributed by atoms with E-state index in [-0.39, 0.29) is 12.1 Å². The number of ether oxygens (including phenoxy) is 1. The topological polar surface area (TPSA) is 39.1 Å². The molecule has 0 amide bonds. The molecule has 0 saturated heterocycles. The lowest BCUT2D eigenvalue weighted by molar-refractivity contribution is 0.0444. The number of nitrogens with one attached hydrogen (secondary N) is 1. The standard InChI is InChI=1S/C12H23N3O/c1-5-13-11(10(4)16-7-3)12-14-8-9-15(12)6-2/h8-11,13H,5-7H2,1-4H3. The summed E-state index contributed by atoms with van der Waals surface area (Å²) in [6.07, 6.45) is 4.00. The molecule has 1 heterocycles. The summed E-state index contributed by atoms with van der Waals surface area (Å²) in [5.74, 6) is 1.06. The summed E-state index contributed by atoms with van der Waals surface area (Å²) in [4.78, 5) is 4.43. The van der Waals surface area contributed by atoms with Gasteiger partial charge in [-0.15, -0.1) is 0 Å². The van der Waals surface area contributed by atoms with Gasteiger partial charge in [0.1, 0.15) is 5.82 Å². The fourth-order valence-corrected chi connectivity index (χ4v) is 1.91. The first kappa shape index (κ1) is 13.2. The molecule has 1 N–H and O–H groups in total. The van der Waals surface area contributed by atoms with Crippen molar-refractivity contribution >= 4 is 0 Å². The zero-order chi connectivity index (χ0) is 12.0. The Kier molecular flexibility index (Phi) is 5.49. The molecular weight excluding hydrogens is 202 g/mol. The molecule has 1 aromatic heterocycles. The summed E-state index contributed by atoms with van der Waals surface area (Å²) < 4.78 is 7.82. The predicted octanol–water partition coefficient (Wildman–Crippen LogP) is 1.98. The van der Waals surface area contributed by atoms with Gasteiger partial charge in [0, 0.05) is 25.5 Å². The SMILES string of the molecule is CCNC(c1nccn1CC)C(C)OCC. The number of imidazole rings is 1. The first-order chi connectivity index (χ1) is 7.74. The first-order valence-corrected chi connectivity index (χ1v) is 6.10. The minimum Gasteiger partial charge on any atom is -0.377 e. The number of likely N-dealkylation sites (N-methyl/N-ethyl adjacent to an activating group) is 1. The van der Waals surface area contributed by atoms with Crippen LogP contribution in [0.4, 0.5) is 0 Å². The Bertz CT molecular complexity index is 298. The molecule has 0 aliphatic heterocycles. The normalized spacial score (nSPS) is 15.0. The molecule has 0 fully saturated rings. The lowest BCUT2D eigenvalue weighted by Gasteiger charge is -2.24. The molecule has 16 heavy (non-hydrogen) atoms. The third-order valence-corrected chi connectivity index (χ3v) is 2.69. The average molecular weight is 225 g/mol. The maximum Gasteiger partial charge on any atom is 0.128 e. The number of aromatic nitrogens is 2. The maximum atomic E-state index is 5.66. The number of aryl methyl sites for hydroxylation is 1. The zero-order valence-electron chi connectivity index (χ0n) is 10.7. The third kappa shape index (κ3) is 3.06. The van der Waals surface area contributed by atoms with Crippen LogP contribution in [0.1, 0.15) is 39.6 Å². The van der Waals surface area contributed by atoms with Gasteiger partial charge in [-0.25, -0.2) is 4.98 Å². The quantitative estimate of drug-likeness (QED) is 0.771. The molecule has 0 saturated carbocycles. The fraction of sp³-hybridized carbons (Fsp3) is 0.750. The molecule has 0 aliphatic carbocycles. The van der Waals surface area contributed by atoms with Crippen molar-refractivity contribution in [2.24, 2.45) is 0 Å². The molecule has 2 atom stereocenters. The number of rotatable bonds is 7. The first-order valence-electron chi connectivity index (χ1n) is 6.10. The highest BCUT2D eigenvalue weighted by atomic mass is 16.5. The molecule has 1 rings (SSSR count). The smallest absolute Gasteiger partial charge is 0.128 e. The molecule has 4 nitrogen and oxygen atoms in total. The summed E-state index contributed by atoms with van der Waals surface area (Å²) in [6, 6.07) is 0.167. The van der Waals surface area contributed by atoms with Crippen LogP contribution in [0.5, 0.6) is 0 Å². The van der Waals surface area contributed by atoms with Crippen molar-refractivity contribution in [3.8, 4) is 0 Å². The Hall–Kier alpha value is -0.870. The number of hydrogen-bond acceptors (Lipinski definition) is 3. The highest BCUT2D eigenvalue weighted by molar-refractivity contribution is 5.01. The van der Waals surface area contributed by atoms with Gasteiger partial charge in [-0.05, 0) is 27.3 Å². The van der Waals surface area contributed by atoms with E-state index in [1.165, 1.54) is 0 Å². The monoisotopic (exact) mass is 225 g/mol. The third-order valence-electron chi connectivity index (χ3n) is 2.69. The van der Waals surface area contributed by atoms with Crippen LogP contribution in [-0.4, -0.2) is 28.8 Å². The van der Waals surface area contributed by atoms with E-state index in [9.17, 15) is 0 Å². The summed E-state index contributed by atoms with van der Waals surface area (Å²) >= 11 is 0. The molecule has 0 bridgehead atoms. The molecule has 0 aliphatic rings. The van der Waals surface area contributed by atoms with Gasteiger partial charge >= 0.3 is 0 Å². The molecule has 2 unspecified atom stereocenters. The van der Waals surface area contributed by atoms with Crippen LogP contribution in [0.3, 0.4) is 0 Å². The van der Waals surface area contributed by atoms with Crippen LogP contribution in [0.15, 0.2) is 12.4 Å². The van der Waals surface area contributed by atoms with E-state index in [1.54, 1.807) is 0 Å². The van der Waals surface area contributed by atoms with Crippen molar-refractivity contribution < 1.29 is 4.74 Å². The van der Waals surface area contributed by atoms with E-state index >= 15 is 0 Å². The van der Waals surface area contributed by atoms with Crippen molar-refractivity contribution in [1.29, 1.82) is 0 Å². The zero-order valence-corrected chi connectivity index (χ0v) is 10.7. The second-order valence-corrected chi connectivity index (χ2v) is 3.77. The van der Waals surface area contributed by atoms with Gasteiger partial charge in [0.05, 0.1) is 12.1 Å². The van der Waals surface area contributed by atoms with Crippen molar-refractivity contribution in [3.05, 3.63) is 18.2 Å². The highest BCUT2D eigenvalue weighted by Crippen LogP contribution is 2.17. The Balaban J connectivity index is 2.83. The van der Waals surface area contributed by atoms with Crippen molar-refractivity contribution in [3.63, 3.8) is 0 Å². The number of hydrogen-bond donors (Lipinski definition) is 1. The van der Waals surface area contributed by atoms with Gasteiger partial charge in [-0.3, -0.25) is 0 Å². The van der Waals surface area contributed by atoms with E-state index < -0.39 is 0 Å². The van der Waals surface area contributed by atoms with Crippen LogP contribution in [-0.2, 0) is 11.3 Å². The van der Waals surface area contributed by atoms with Gasteiger partial charge in [-0.1, -0.05) is 6.92 Å². The van der Waals surface area contributed by atoms with Crippen molar-refractivity contribution in [2.45, 2.75) is 46.4 Å². The van der Waals surface area contributed by atoms with E-state index in [0.717, 1.165) is 25.5 Å². The largest absolute Gasteiger partial charge is 0.377 e. The fourth-order valence-electron chi connectivity index (χ4n) is 1.91. The van der Waals surface area contributed by atoms with Crippen molar-refractivity contribution in [2.75, 3.05) is 13.2 Å². The lowest BCUT2D eigenvalue weighted by atomic mass is 10.1. The molecule has 1 aromatic rings. The minimum absolute atomic E-state index is 0.137. The predicted molar refractivity (Wildman–Crippen MR) is 65.4 cm³/mol. The number of nitrogens with zero attached hydrogens (tertiary/aromatic N) is 2. The maximum absolute atomic E-state index is 5.66. The molecule has 4 heteroatoms. The van der Waals surface area contributed by atoms with E-state index in [4.69, 9.17) is 4.74 Å². The van der Waals surface area contributed by atoms with Gasteiger partial charge in [0.2, 0.25) is 0 Å². The summed E-state index contributed by atoms with van der Waals surface area (Å²) in [5, 5.41) is 3.44. The Morgan fingerprint density at radius 1 is 1.44 bits per heavy atom. The molecule has 92 valence electrons. The van der Waals surface area contributed by atoms with Gasteiger partial charge in [0.25, 0.3) is 0 Å². The van der Waals surface area contributed by atoms with Gasteiger partial charge in [0.15, 0.2) is 0 Å². The average Bonchev–Trinajstić information content (AvgIpc) is 2.73. The minimum atomic E-state index is 0.137. The van der Waals surface area contributed by atoms with E-state index in [2.05, 4.69) is 35.6 Å². The van der Waals surface area contributed by atoms with Crippen LogP contribution >= 0.6 is 0 Å². The highest BCUT2D eigenvalue weighted by Gasteiger charge is 2.22. The van der Waals surface area contributed by atoms with Crippen LogP contribution in [0, 0.1) is 0 Å². The van der Waals surface area contributed by atoms with E-state index in [1.807, 2.05) is 19.3 Å². The van der Waals surface area contributed by atoms with Crippen molar-refractivity contribution in [1.82, 2.24) is 14.9 Å². The molecule has 0 radical (unpaired) electrons. The van der Waals surface area contributed by atoms with Gasteiger partial charge in [-0.2, -0.15) is 0 Å². The summed E-state index contributed by atoms with van der Waals surface area (Å²) in [5.41, 5.74) is 0. The Morgan fingerprint density at radius 2 is 2.19 bits per heavy atom. The van der Waals surface area contributed by atoms with E-state index in [0.29, 0.717) is 0 Å². The molecule has 0 aromatic carbocycles. The molecular formula is C12H23N3O. The lowest BCUT2D eigenvalue weighted by Crippen LogP contribution is -2.34. The summed E-state index contributed by atoms with van der Waals surface area (Å²) in [6.45, 7) is 10.9. The van der Waals surface area contributed by atoms with Crippen LogP contribution in [0.2, 0.25) is 0 Å². The second kappa shape index (κ2) is 6.66. The Morgan fingerprint density at radius 3 is 2.75 bits per heavy atom. The second-order valence-electron chi connectivity index (χ2n) is 3.77.